The number of hydrogen-bond acceptors (Lipinski definition) is 6. The SMILES string of the molecule is O=C(OCO)c1ccc(C2NC(C(=O)OCc3ccccc3)Cc3c2[nH]c2ccccc32)cc1. The molecular formula is C27H24N2O5. The van der Waals surface area contributed by atoms with E-state index in [9.17, 15) is 9.59 Å². The van der Waals surface area contributed by atoms with E-state index in [1.807, 2.05) is 66.7 Å². The van der Waals surface area contributed by atoms with Crippen LogP contribution < -0.4 is 5.32 Å². The Labute approximate surface area is 196 Å². The van der Waals surface area contributed by atoms with E-state index < -0.39 is 18.8 Å². The Morgan fingerprint density at radius 3 is 2.41 bits per heavy atom. The third kappa shape index (κ3) is 4.31. The Morgan fingerprint density at radius 1 is 0.912 bits per heavy atom. The zero-order valence-corrected chi connectivity index (χ0v) is 18.4. The van der Waals surface area contributed by atoms with Crippen LogP contribution in [0.4, 0.5) is 0 Å². The van der Waals surface area contributed by atoms with Gasteiger partial charge in [-0.2, -0.15) is 0 Å². The molecular weight excluding hydrogens is 432 g/mol. The summed E-state index contributed by atoms with van der Waals surface area (Å²) in [6.45, 7) is -0.457. The van der Waals surface area contributed by atoms with E-state index in [1.54, 1.807) is 12.1 Å². The van der Waals surface area contributed by atoms with Gasteiger partial charge in [0.25, 0.3) is 0 Å². The van der Waals surface area contributed by atoms with Crippen molar-refractivity contribution in [2.24, 2.45) is 0 Å². The lowest BCUT2D eigenvalue weighted by Crippen LogP contribution is -2.45. The summed E-state index contributed by atoms with van der Waals surface area (Å²) in [4.78, 5) is 28.5. The number of aromatic nitrogens is 1. The minimum absolute atomic E-state index is 0.213. The fraction of sp³-hybridized carbons (Fsp3) is 0.185. The first-order valence-electron chi connectivity index (χ1n) is 11.1. The molecule has 0 saturated heterocycles. The molecule has 34 heavy (non-hydrogen) atoms. The van der Waals surface area contributed by atoms with Gasteiger partial charge in [-0.1, -0.05) is 60.7 Å². The molecule has 0 fully saturated rings. The van der Waals surface area contributed by atoms with Gasteiger partial charge in [0, 0.05) is 23.0 Å². The van der Waals surface area contributed by atoms with Crippen molar-refractivity contribution in [3.63, 3.8) is 0 Å². The maximum atomic E-state index is 13.1. The Bertz CT molecular complexity index is 1310. The van der Waals surface area contributed by atoms with Gasteiger partial charge in [0.2, 0.25) is 0 Å². The largest absolute Gasteiger partial charge is 0.460 e. The van der Waals surface area contributed by atoms with Crippen LogP contribution in [-0.2, 0) is 27.3 Å². The number of hydrogen-bond donors (Lipinski definition) is 3. The van der Waals surface area contributed by atoms with E-state index in [-0.39, 0.29) is 18.6 Å². The summed E-state index contributed by atoms with van der Waals surface area (Å²) in [5, 5.41) is 13.3. The average molecular weight is 456 g/mol. The van der Waals surface area contributed by atoms with Crippen LogP contribution in [0.1, 0.15) is 38.8 Å². The maximum Gasteiger partial charge on any atom is 0.340 e. The van der Waals surface area contributed by atoms with Crippen molar-refractivity contribution >= 4 is 22.8 Å². The van der Waals surface area contributed by atoms with Crippen molar-refractivity contribution in [2.45, 2.75) is 25.1 Å². The highest BCUT2D eigenvalue weighted by atomic mass is 16.6. The summed E-state index contributed by atoms with van der Waals surface area (Å²) in [7, 11) is 0. The van der Waals surface area contributed by atoms with E-state index in [2.05, 4.69) is 15.0 Å². The Hall–Kier alpha value is -3.94. The molecule has 172 valence electrons. The van der Waals surface area contributed by atoms with Gasteiger partial charge in [0.15, 0.2) is 6.79 Å². The Morgan fingerprint density at radius 2 is 1.65 bits per heavy atom. The minimum atomic E-state index is -0.671. The predicted molar refractivity (Wildman–Crippen MR) is 126 cm³/mol. The summed E-state index contributed by atoms with van der Waals surface area (Å²) in [5.74, 6) is -0.910. The molecule has 0 radical (unpaired) electrons. The molecule has 0 amide bonds. The summed E-state index contributed by atoms with van der Waals surface area (Å²) < 4.78 is 10.3. The number of aliphatic hydroxyl groups is 1. The Kier molecular flexibility index (Phi) is 6.12. The molecule has 5 rings (SSSR count). The number of rotatable bonds is 6. The van der Waals surface area contributed by atoms with Gasteiger partial charge >= 0.3 is 11.9 Å². The van der Waals surface area contributed by atoms with Crippen LogP contribution in [0.15, 0.2) is 78.9 Å². The number of aliphatic hydroxyl groups excluding tert-OH is 1. The second-order valence-electron chi connectivity index (χ2n) is 8.20. The number of aromatic amines is 1. The van der Waals surface area contributed by atoms with Gasteiger partial charge < -0.3 is 19.6 Å². The van der Waals surface area contributed by atoms with Gasteiger partial charge in [-0.15, -0.1) is 0 Å². The fourth-order valence-electron chi connectivity index (χ4n) is 4.43. The van der Waals surface area contributed by atoms with Gasteiger partial charge in [-0.05, 0) is 34.9 Å². The monoisotopic (exact) mass is 456 g/mol. The van der Waals surface area contributed by atoms with Crippen LogP contribution in [0.25, 0.3) is 10.9 Å². The summed E-state index contributed by atoms with van der Waals surface area (Å²) in [5.41, 5.74) is 5.21. The third-order valence-corrected chi connectivity index (χ3v) is 6.10. The molecule has 7 nitrogen and oxygen atoms in total. The van der Waals surface area contributed by atoms with E-state index in [0.29, 0.717) is 12.0 Å². The molecule has 3 aromatic carbocycles. The summed E-state index contributed by atoms with van der Waals surface area (Å²) in [6.07, 6.45) is 0.504. The number of para-hydroxylation sites is 1. The number of benzene rings is 3. The van der Waals surface area contributed by atoms with Crippen LogP contribution in [0.3, 0.4) is 0 Å². The quantitative estimate of drug-likeness (QED) is 0.303. The van der Waals surface area contributed by atoms with Crippen LogP contribution in [0.2, 0.25) is 0 Å². The number of carbonyl (C=O) groups is 2. The number of carbonyl (C=O) groups excluding carboxylic acids is 2. The fourth-order valence-corrected chi connectivity index (χ4v) is 4.43. The number of ether oxygens (including phenoxy) is 2. The molecule has 4 aromatic rings. The molecule has 1 aliphatic rings. The lowest BCUT2D eigenvalue weighted by Gasteiger charge is -2.30. The Balaban J connectivity index is 1.44. The lowest BCUT2D eigenvalue weighted by molar-refractivity contribution is -0.147. The van der Waals surface area contributed by atoms with E-state index in [4.69, 9.17) is 9.84 Å². The van der Waals surface area contributed by atoms with Gasteiger partial charge in [-0.25, -0.2) is 4.79 Å². The number of nitrogens with one attached hydrogen (secondary N) is 2. The first-order valence-corrected chi connectivity index (χ1v) is 11.1. The van der Waals surface area contributed by atoms with Crippen LogP contribution >= 0.6 is 0 Å². The molecule has 1 aliphatic heterocycles. The van der Waals surface area contributed by atoms with Crippen molar-refractivity contribution in [2.75, 3.05) is 6.79 Å². The van der Waals surface area contributed by atoms with Crippen LogP contribution in [-0.4, -0.2) is 34.9 Å². The number of esters is 2. The highest BCUT2D eigenvalue weighted by molar-refractivity contribution is 5.89. The number of H-pyrrole nitrogens is 1. The highest BCUT2D eigenvalue weighted by Gasteiger charge is 2.34. The van der Waals surface area contributed by atoms with Crippen molar-refractivity contribution in [1.82, 2.24) is 10.3 Å². The zero-order valence-electron chi connectivity index (χ0n) is 18.4. The van der Waals surface area contributed by atoms with Gasteiger partial charge in [0.05, 0.1) is 11.6 Å². The molecule has 0 bridgehead atoms. The van der Waals surface area contributed by atoms with Crippen LogP contribution in [0.5, 0.6) is 0 Å². The molecule has 0 aliphatic carbocycles. The smallest absolute Gasteiger partial charge is 0.340 e. The van der Waals surface area contributed by atoms with E-state index in [1.165, 1.54) is 0 Å². The molecule has 0 saturated carbocycles. The molecule has 1 aromatic heterocycles. The standard InChI is InChI=1S/C27H24N2O5/c30-16-34-26(31)19-12-10-18(11-13-19)24-25-21(20-8-4-5-9-22(20)28-25)14-23(29-24)27(32)33-15-17-6-2-1-3-7-17/h1-13,23-24,28-30H,14-16H2. The first kappa shape index (κ1) is 21.9. The second kappa shape index (κ2) is 9.51. The van der Waals surface area contributed by atoms with Gasteiger partial charge in [0.1, 0.15) is 12.6 Å². The van der Waals surface area contributed by atoms with Crippen molar-refractivity contribution in [1.29, 1.82) is 0 Å². The van der Waals surface area contributed by atoms with E-state index in [0.717, 1.165) is 33.3 Å². The minimum Gasteiger partial charge on any atom is -0.460 e. The predicted octanol–water partition coefficient (Wildman–Crippen LogP) is 3.62. The number of fused-ring (bicyclic) bond motifs is 3. The van der Waals surface area contributed by atoms with Crippen LogP contribution in [0, 0.1) is 0 Å². The third-order valence-electron chi connectivity index (χ3n) is 6.10. The highest BCUT2D eigenvalue weighted by Crippen LogP contribution is 2.35. The molecule has 2 unspecified atom stereocenters. The van der Waals surface area contributed by atoms with Crippen molar-refractivity contribution in [3.8, 4) is 0 Å². The molecule has 3 N–H and O–H groups in total. The zero-order chi connectivity index (χ0) is 23.5. The summed E-state index contributed by atoms with van der Waals surface area (Å²) >= 11 is 0. The summed E-state index contributed by atoms with van der Waals surface area (Å²) in [6, 6.07) is 23.7. The second-order valence-corrected chi connectivity index (χ2v) is 8.20. The molecule has 0 spiro atoms. The van der Waals surface area contributed by atoms with Crippen molar-refractivity contribution in [3.05, 3.63) is 107 Å². The average Bonchev–Trinajstić information content (AvgIpc) is 3.26. The molecule has 7 heteroatoms. The molecule has 2 heterocycles. The van der Waals surface area contributed by atoms with E-state index >= 15 is 0 Å². The van der Waals surface area contributed by atoms with Crippen molar-refractivity contribution < 1.29 is 24.2 Å². The first-order chi connectivity index (χ1) is 16.6. The maximum absolute atomic E-state index is 13.1. The molecule has 2 atom stereocenters. The lowest BCUT2D eigenvalue weighted by atomic mass is 9.90. The van der Waals surface area contributed by atoms with Gasteiger partial charge in [-0.3, -0.25) is 10.1 Å². The normalized spacial score (nSPS) is 17.2. The topological polar surface area (TPSA) is 101 Å².